The van der Waals surface area contributed by atoms with Gasteiger partial charge in [-0.2, -0.15) is 13.2 Å². The van der Waals surface area contributed by atoms with Crippen molar-refractivity contribution in [3.8, 4) is 0 Å². The third kappa shape index (κ3) is 3.73. The smallest absolute Gasteiger partial charge is 0.321 e. The molecule has 2 N–H and O–H groups in total. The van der Waals surface area contributed by atoms with Crippen LogP contribution in [0.1, 0.15) is 25.3 Å². The van der Waals surface area contributed by atoms with Gasteiger partial charge in [0, 0.05) is 6.54 Å². The predicted molar refractivity (Wildman–Crippen MR) is 73.2 cm³/mol. The third-order valence-electron chi connectivity index (χ3n) is 4.04. The van der Waals surface area contributed by atoms with Crippen LogP contribution in [0.4, 0.5) is 13.2 Å². The average Bonchev–Trinajstić information content (AvgIpc) is 2.39. The van der Waals surface area contributed by atoms with E-state index in [0.717, 1.165) is 5.56 Å². The molecule has 20 heavy (non-hydrogen) atoms. The van der Waals surface area contributed by atoms with E-state index < -0.39 is 17.6 Å². The maximum atomic E-state index is 12.6. The van der Waals surface area contributed by atoms with Crippen LogP contribution in [0.25, 0.3) is 0 Å². The SMILES string of the molecule is CC(N)(CN1CCC(C(F)(F)F)CC1)c1ccccc1. The van der Waals surface area contributed by atoms with Gasteiger partial charge in [-0.1, -0.05) is 30.3 Å². The molecule has 112 valence electrons. The Labute approximate surface area is 117 Å². The van der Waals surface area contributed by atoms with Crippen LogP contribution in [0.2, 0.25) is 0 Å². The lowest BCUT2D eigenvalue weighted by Gasteiger charge is -2.37. The van der Waals surface area contributed by atoms with Crippen LogP contribution < -0.4 is 5.73 Å². The Hall–Kier alpha value is -1.07. The molecule has 0 bridgehead atoms. The van der Waals surface area contributed by atoms with E-state index in [1.165, 1.54) is 0 Å². The van der Waals surface area contributed by atoms with Crippen LogP contribution in [0, 0.1) is 5.92 Å². The zero-order chi connectivity index (χ0) is 14.8. The third-order valence-corrected chi connectivity index (χ3v) is 4.04. The lowest BCUT2D eigenvalue weighted by atomic mass is 9.90. The Morgan fingerprint density at radius 3 is 2.20 bits per heavy atom. The second-order valence-corrected chi connectivity index (χ2v) is 5.88. The molecule has 0 spiro atoms. The number of nitrogens with two attached hydrogens (primary N) is 1. The van der Waals surface area contributed by atoms with Gasteiger partial charge in [0.2, 0.25) is 0 Å². The van der Waals surface area contributed by atoms with Crippen LogP contribution in [-0.4, -0.2) is 30.7 Å². The first kappa shape index (κ1) is 15.3. The number of likely N-dealkylation sites (tertiary alicyclic amines) is 1. The summed E-state index contributed by atoms with van der Waals surface area (Å²) in [6.45, 7) is 3.44. The van der Waals surface area contributed by atoms with Crippen molar-refractivity contribution in [1.29, 1.82) is 0 Å². The lowest BCUT2D eigenvalue weighted by molar-refractivity contribution is -0.185. The van der Waals surface area contributed by atoms with Gasteiger partial charge in [-0.3, -0.25) is 0 Å². The summed E-state index contributed by atoms with van der Waals surface area (Å²) in [5.74, 6) is -1.15. The molecule has 2 nitrogen and oxygen atoms in total. The fourth-order valence-electron chi connectivity index (χ4n) is 2.79. The summed E-state index contributed by atoms with van der Waals surface area (Å²) in [5.41, 5.74) is 6.80. The minimum atomic E-state index is -4.06. The minimum absolute atomic E-state index is 0.175. The summed E-state index contributed by atoms with van der Waals surface area (Å²) in [6, 6.07) is 9.70. The molecule has 1 aliphatic heterocycles. The van der Waals surface area contributed by atoms with Gasteiger partial charge >= 0.3 is 6.18 Å². The van der Waals surface area contributed by atoms with Gasteiger partial charge in [-0.15, -0.1) is 0 Å². The standard InChI is InChI=1S/C15H21F3N2/c1-14(19,12-5-3-2-4-6-12)11-20-9-7-13(8-10-20)15(16,17)18/h2-6,13H,7-11,19H2,1H3. The van der Waals surface area contributed by atoms with Crippen molar-refractivity contribution in [2.75, 3.05) is 19.6 Å². The van der Waals surface area contributed by atoms with Crippen LogP contribution in [0.5, 0.6) is 0 Å². The molecular formula is C15H21F3N2. The van der Waals surface area contributed by atoms with Crippen molar-refractivity contribution < 1.29 is 13.2 Å². The number of halogens is 3. The molecule has 1 saturated heterocycles. The number of benzene rings is 1. The van der Waals surface area contributed by atoms with Crippen LogP contribution in [0.3, 0.4) is 0 Å². The number of nitrogens with zero attached hydrogens (tertiary/aromatic N) is 1. The summed E-state index contributed by atoms with van der Waals surface area (Å²) < 4.78 is 37.9. The van der Waals surface area contributed by atoms with E-state index in [1.54, 1.807) is 0 Å². The Balaban J connectivity index is 1.92. The summed E-state index contributed by atoms with van der Waals surface area (Å²) in [5, 5.41) is 0. The topological polar surface area (TPSA) is 29.3 Å². The van der Waals surface area contributed by atoms with Crippen LogP contribution >= 0.6 is 0 Å². The fraction of sp³-hybridized carbons (Fsp3) is 0.600. The maximum absolute atomic E-state index is 12.6. The minimum Gasteiger partial charge on any atom is -0.321 e. The highest BCUT2D eigenvalue weighted by molar-refractivity contribution is 5.23. The highest BCUT2D eigenvalue weighted by Crippen LogP contribution is 2.34. The quantitative estimate of drug-likeness (QED) is 0.925. The van der Waals surface area contributed by atoms with E-state index in [9.17, 15) is 13.2 Å². The Morgan fingerprint density at radius 1 is 1.15 bits per heavy atom. The van der Waals surface area contributed by atoms with Gasteiger partial charge in [-0.25, -0.2) is 0 Å². The van der Waals surface area contributed by atoms with Gasteiger partial charge in [0.25, 0.3) is 0 Å². The van der Waals surface area contributed by atoms with Crippen LogP contribution in [-0.2, 0) is 5.54 Å². The number of hydrogen-bond donors (Lipinski definition) is 1. The van der Waals surface area contributed by atoms with E-state index in [2.05, 4.69) is 0 Å². The molecule has 1 aromatic rings. The monoisotopic (exact) mass is 286 g/mol. The van der Waals surface area contributed by atoms with E-state index >= 15 is 0 Å². The second kappa shape index (κ2) is 5.74. The Bertz CT molecular complexity index is 420. The molecule has 1 aliphatic rings. The molecule has 0 aliphatic carbocycles. The van der Waals surface area contributed by atoms with Gasteiger partial charge in [-0.05, 0) is 38.4 Å². The molecule has 1 aromatic carbocycles. The largest absolute Gasteiger partial charge is 0.391 e. The van der Waals surface area contributed by atoms with Crippen molar-refractivity contribution >= 4 is 0 Å². The van der Waals surface area contributed by atoms with E-state index in [1.807, 2.05) is 42.2 Å². The van der Waals surface area contributed by atoms with Gasteiger partial charge < -0.3 is 10.6 Å². The molecule has 1 fully saturated rings. The first-order valence-electron chi connectivity index (χ1n) is 6.92. The molecule has 5 heteroatoms. The van der Waals surface area contributed by atoms with Gasteiger partial charge in [0.1, 0.15) is 0 Å². The van der Waals surface area contributed by atoms with E-state index in [-0.39, 0.29) is 12.8 Å². The maximum Gasteiger partial charge on any atom is 0.391 e. The van der Waals surface area contributed by atoms with Crippen molar-refractivity contribution in [2.24, 2.45) is 11.7 Å². The molecular weight excluding hydrogens is 265 g/mol. The number of alkyl halides is 3. The summed E-state index contributed by atoms with van der Waals surface area (Å²) in [7, 11) is 0. The Morgan fingerprint density at radius 2 is 1.70 bits per heavy atom. The fourth-order valence-corrected chi connectivity index (χ4v) is 2.79. The summed E-state index contributed by atoms with van der Waals surface area (Å²) in [6.07, 6.45) is -3.71. The first-order valence-corrected chi connectivity index (χ1v) is 6.92. The lowest BCUT2D eigenvalue weighted by Crippen LogP contribution is -2.49. The predicted octanol–water partition coefficient (Wildman–Crippen LogP) is 3.13. The summed E-state index contributed by atoms with van der Waals surface area (Å²) >= 11 is 0. The second-order valence-electron chi connectivity index (χ2n) is 5.88. The molecule has 1 heterocycles. The first-order chi connectivity index (χ1) is 9.29. The molecule has 2 rings (SSSR count). The molecule has 0 amide bonds. The average molecular weight is 286 g/mol. The van der Waals surface area contributed by atoms with Gasteiger partial charge in [0.05, 0.1) is 11.5 Å². The van der Waals surface area contributed by atoms with Crippen molar-refractivity contribution in [2.45, 2.75) is 31.5 Å². The van der Waals surface area contributed by atoms with Crippen molar-refractivity contribution in [3.63, 3.8) is 0 Å². The normalized spacial score (nSPS) is 21.6. The van der Waals surface area contributed by atoms with Crippen molar-refractivity contribution in [3.05, 3.63) is 35.9 Å². The van der Waals surface area contributed by atoms with E-state index in [4.69, 9.17) is 5.73 Å². The zero-order valence-corrected chi connectivity index (χ0v) is 11.7. The van der Waals surface area contributed by atoms with Crippen molar-refractivity contribution in [1.82, 2.24) is 4.90 Å². The van der Waals surface area contributed by atoms with Gasteiger partial charge in [0.15, 0.2) is 0 Å². The highest BCUT2D eigenvalue weighted by atomic mass is 19.4. The zero-order valence-electron chi connectivity index (χ0n) is 11.7. The molecule has 1 unspecified atom stereocenters. The number of piperidine rings is 1. The molecule has 1 atom stereocenters. The molecule has 0 radical (unpaired) electrons. The van der Waals surface area contributed by atoms with E-state index in [0.29, 0.717) is 19.6 Å². The number of hydrogen-bond acceptors (Lipinski definition) is 2. The summed E-state index contributed by atoms with van der Waals surface area (Å²) in [4.78, 5) is 2.04. The molecule has 0 aromatic heterocycles. The Kier molecular flexibility index (Phi) is 4.39. The highest BCUT2D eigenvalue weighted by Gasteiger charge is 2.41. The number of rotatable bonds is 3. The van der Waals surface area contributed by atoms with Crippen LogP contribution in [0.15, 0.2) is 30.3 Å². The molecule has 0 saturated carbocycles.